The lowest BCUT2D eigenvalue weighted by atomic mass is 10.0. The van der Waals surface area contributed by atoms with Crippen molar-refractivity contribution in [2.45, 2.75) is 31.6 Å². The number of methoxy groups -OCH3 is 1. The summed E-state index contributed by atoms with van der Waals surface area (Å²) < 4.78 is 33.7. The highest BCUT2D eigenvalue weighted by Crippen LogP contribution is 2.33. The number of benzene rings is 2. The Bertz CT molecular complexity index is 952. The van der Waals surface area contributed by atoms with Gasteiger partial charge in [0.05, 0.1) is 12.0 Å². The first kappa shape index (κ1) is 21.0. The van der Waals surface area contributed by atoms with E-state index in [9.17, 15) is 8.42 Å². The maximum atomic E-state index is 13.3. The molecule has 0 saturated carbocycles. The Morgan fingerprint density at radius 2 is 1.75 bits per heavy atom. The average molecular weight is 423 g/mol. The second-order valence-electron chi connectivity index (χ2n) is 7.39. The first-order valence-electron chi connectivity index (χ1n) is 9.43. The number of sulfonamides is 1. The highest BCUT2D eigenvalue weighted by Gasteiger charge is 2.31. The molecule has 2 aromatic carbocycles. The number of aryl methyl sites for hydroxylation is 1. The molecule has 7 heteroatoms. The van der Waals surface area contributed by atoms with Crippen LogP contribution in [0.2, 0.25) is 5.02 Å². The number of ether oxygens (including phenoxy) is 1. The van der Waals surface area contributed by atoms with Crippen LogP contribution in [0.25, 0.3) is 0 Å². The topological polar surface area (TPSA) is 49.9 Å². The number of anilines is 1. The highest BCUT2D eigenvalue weighted by atomic mass is 35.5. The van der Waals surface area contributed by atoms with E-state index in [1.54, 1.807) is 17.5 Å². The molecule has 0 radical (unpaired) electrons. The first-order chi connectivity index (χ1) is 13.2. The van der Waals surface area contributed by atoms with E-state index in [0.29, 0.717) is 41.7 Å². The second-order valence-corrected chi connectivity index (χ2v) is 9.73. The molecule has 5 nitrogen and oxygen atoms in total. The van der Waals surface area contributed by atoms with Crippen molar-refractivity contribution in [3.63, 3.8) is 0 Å². The van der Waals surface area contributed by atoms with Crippen molar-refractivity contribution < 1.29 is 13.2 Å². The van der Waals surface area contributed by atoms with Gasteiger partial charge in [-0.25, -0.2) is 8.42 Å². The smallest absolute Gasteiger partial charge is 0.243 e. The fourth-order valence-electron chi connectivity index (χ4n) is 3.58. The summed E-state index contributed by atoms with van der Waals surface area (Å²) in [5.74, 6) is 0.904. The predicted octanol–water partition coefficient (Wildman–Crippen LogP) is 4.29. The Balaban J connectivity index is 1.84. The van der Waals surface area contributed by atoms with Gasteiger partial charge in [-0.2, -0.15) is 4.31 Å². The van der Waals surface area contributed by atoms with Gasteiger partial charge in [0.1, 0.15) is 5.75 Å². The van der Waals surface area contributed by atoms with Gasteiger partial charge in [0.2, 0.25) is 10.0 Å². The molecule has 0 aromatic heterocycles. The Morgan fingerprint density at radius 1 is 1.07 bits per heavy atom. The Labute approximate surface area is 172 Å². The van der Waals surface area contributed by atoms with Crippen LogP contribution in [0.3, 0.4) is 0 Å². The molecule has 0 aliphatic carbocycles. The van der Waals surface area contributed by atoms with Crippen molar-refractivity contribution in [3.8, 4) is 5.75 Å². The third kappa shape index (κ3) is 4.14. The number of nitrogens with zero attached hydrogens (tertiary/aromatic N) is 2. The minimum atomic E-state index is -3.56. The molecule has 1 aliphatic heterocycles. The van der Waals surface area contributed by atoms with Crippen LogP contribution in [0.1, 0.15) is 30.9 Å². The molecule has 0 spiro atoms. The molecule has 1 heterocycles. The molecular weight excluding hydrogens is 396 g/mol. The number of hydrogen-bond acceptors (Lipinski definition) is 4. The van der Waals surface area contributed by atoms with Crippen LogP contribution < -0.4 is 9.64 Å². The summed E-state index contributed by atoms with van der Waals surface area (Å²) in [7, 11) is -1.95. The number of halogens is 1. The van der Waals surface area contributed by atoms with Gasteiger partial charge < -0.3 is 9.64 Å². The number of piperazine rings is 1. The predicted molar refractivity (Wildman–Crippen MR) is 114 cm³/mol. The van der Waals surface area contributed by atoms with Crippen LogP contribution in [-0.2, 0) is 10.0 Å². The monoisotopic (exact) mass is 422 g/mol. The van der Waals surface area contributed by atoms with E-state index in [1.165, 1.54) is 0 Å². The zero-order valence-corrected chi connectivity index (χ0v) is 18.3. The second kappa shape index (κ2) is 8.31. The molecule has 28 heavy (non-hydrogen) atoms. The zero-order chi connectivity index (χ0) is 20.5. The molecule has 3 rings (SSSR count). The summed E-state index contributed by atoms with van der Waals surface area (Å²) in [6, 6.07) is 11.3. The van der Waals surface area contributed by atoms with Gasteiger partial charge in [-0.15, -0.1) is 0 Å². The summed E-state index contributed by atoms with van der Waals surface area (Å²) >= 11 is 6.08. The zero-order valence-electron chi connectivity index (χ0n) is 16.8. The average Bonchev–Trinajstić information content (AvgIpc) is 2.67. The summed E-state index contributed by atoms with van der Waals surface area (Å²) in [4.78, 5) is 2.53. The number of hydrogen-bond donors (Lipinski definition) is 0. The van der Waals surface area contributed by atoms with Crippen molar-refractivity contribution in [2.24, 2.45) is 0 Å². The van der Waals surface area contributed by atoms with Gasteiger partial charge in [-0.05, 0) is 54.3 Å². The molecule has 1 fully saturated rings. The maximum Gasteiger partial charge on any atom is 0.243 e. The number of rotatable bonds is 5. The van der Waals surface area contributed by atoms with Gasteiger partial charge in [0.25, 0.3) is 0 Å². The standard InChI is InChI=1S/C21H27ClN2O3S/c1-15(2)19-14-21(16(3)12-20(19)27-4)28(25,26)24-10-8-23(9-11-24)18-7-5-6-17(22)13-18/h5-7,12-15H,8-11H2,1-4H3. The fraction of sp³-hybridized carbons (Fsp3) is 0.429. The molecule has 0 unspecified atom stereocenters. The molecule has 152 valence electrons. The van der Waals surface area contributed by atoms with E-state index in [0.717, 1.165) is 17.0 Å². The third-order valence-corrected chi connectivity index (χ3v) is 7.45. The largest absolute Gasteiger partial charge is 0.496 e. The van der Waals surface area contributed by atoms with Crippen LogP contribution in [0, 0.1) is 6.92 Å². The molecular formula is C21H27ClN2O3S. The van der Waals surface area contributed by atoms with Crippen molar-refractivity contribution in [2.75, 3.05) is 38.2 Å². The minimum absolute atomic E-state index is 0.171. The molecule has 1 saturated heterocycles. The SMILES string of the molecule is COc1cc(C)c(S(=O)(=O)N2CCN(c3cccc(Cl)c3)CC2)cc1C(C)C. The summed E-state index contributed by atoms with van der Waals surface area (Å²) in [6.45, 7) is 8.04. The van der Waals surface area contributed by atoms with E-state index in [-0.39, 0.29) is 5.92 Å². The van der Waals surface area contributed by atoms with E-state index >= 15 is 0 Å². The van der Waals surface area contributed by atoms with Gasteiger partial charge >= 0.3 is 0 Å². The highest BCUT2D eigenvalue weighted by molar-refractivity contribution is 7.89. The molecule has 0 N–H and O–H groups in total. The van der Waals surface area contributed by atoms with Crippen LogP contribution in [-0.4, -0.2) is 46.0 Å². The molecule has 0 bridgehead atoms. The lowest BCUT2D eigenvalue weighted by molar-refractivity contribution is 0.384. The van der Waals surface area contributed by atoms with Gasteiger partial charge in [-0.1, -0.05) is 31.5 Å². The van der Waals surface area contributed by atoms with Crippen molar-refractivity contribution >= 4 is 27.3 Å². The molecule has 1 aliphatic rings. The van der Waals surface area contributed by atoms with E-state index < -0.39 is 10.0 Å². The quantitative estimate of drug-likeness (QED) is 0.721. The normalized spacial score (nSPS) is 15.9. The molecule has 0 atom stereocenters. The van der Waals surface area contributed by atoms with Crippen molar-refractivity contribution in [1.82, 2.24) is 4.31 Å². The first-order valence-corrected chi connectivity index (χ1v) is 11.2. The minimum Gasteiger partial charge on any atom is -0.496 e. The van der Waals surface area contributed by atoms with Crippen LogP contribution in [0.4, 0.5) is 5.69 Å². The van der Waals surface area contributed by atoms with Gasteiger partial charge in [0, 0.05) is 36.9 Å². The Kier molecular flexibility index (Phi) is 6.22. The molecule has 0 amide bonds. The molecule has 2 aromatic rings. The van der Waals surface area contributed by atoms with Gasteiger partial charge in [-0.3, -0.25) is 0 Å². The lowest BCUT2D eigenvalue weighted by Gasteiger charge is -2.35. The lowest BCUT2D eigenvalue weighted by Crippen LogP contribution is -2.48. The Hall–Kier alpha value is -1.76. The van der Waals surface area contributed by atoms with E-state index in [4.69, 9.17) is 16.3 Å². The summed E-state index contributed by atoms with van der Waals surface area (Å²) in [5.41, 5.74) is 2.63. The third-order valence-electron chi connectivity index (χ3n) is 5.18. The van der Waals surface area contributed by atoms with E-state index in [2.05, 4.69) is 4.90 Å². The van der Waals surface area contributed by atoms with Crippen LogP contribution in [0.15, 0.2) is 41.3 Å². The van der Waals surface area contributed by atoms with Crippen LogP contribution >= 0.6 is 11.6 Å². The maximum absolute atomic E-state index is 13.3. The van der Waals surface area contributed by atoms with Gasteiger partial charge in [0.15, 0.2) is 0 Å². The van der Waals surface area contributed by atoms with Crippen molar-refractivity contribution in [3.05, 3.63) is 52.5 Å². The van der Waals surface area contributed by atoms with Crippen molar-refractivity contribution in [1.29, 1.82) is 0 Å². The van der Waals surface area contributed by atoms with E-state index in [1.807, 2.05) is 51.1 Å². The fourth-order valence-corrected chi connectivity index (χ4v) is 5.43. The summed E-state index contributed by atoms with van der Waals surface area (Å²) in [6.07, 6.45) is 0. The van der Waals surface area contributed by atoms with Crippen LogP contribution in [0.5, 0.6) is 5.75 Å². The Morgan fingerprint density at radius 3 is 2.32 bits per heavy atom. The summed E-state index contributed by atoms with van der Waals surface area (Å²) in [5, 5.41) is 0.683.